The van der Waals surface area contributed by atoms with E-state index >= 15 is 0 Å². The number of piperidine rings is 1. The van der Waals surface area contributed by atoms with Crippen molar-refractivity contribution in [1.29, 1.82) is 0 Å². The van der Waals surface area contributed by atoms with E-state index in [0.717, 1.165) is 25.9 Å². The first-order valence-corrected chi connectivity index (χ1v) is 8.76. The van der Waals surface area contributed by atoms with Gasteiger partial charge in [-0.2, -0.15) is 5.10 Å². The fourth-order valence-corrected chi connectivity index (χ4v) is 4.58. The largest absolute Gasteiger partial charge is 0.367 e. The van der Waals surface area contributed by atoms with Gasteiger partial charge in [0.15, 0.2) is 0 Å². The summed E-state index contributed by atoms with van der Waals surface area (Å²) in [6.07, 6.45) is 11.4. The Morgan fingerprint density at radius 2 is 2.00 bits per heavy atom. The highest BCUT2D eigenvalue weighted by molar-refractivity contribution is 5.82. The molecule has 1 amide bonds. The lowest BCUT2D eigenvalue weighted by atomic mass is 10.0. The van der Waals surface area contributed by atoms with Crippen LogP contribution >= 0.6 is 0 Å². The number of carbonyl (C=O) groups is 1. The lowest BCUT2D eigenvalue weighted by Gasteiger charge is -2.33. The van der Waals surface area contributed by atoms with Gasteiger partial charge in [-0.25, -0.2) is 0 Å². The first kappa shape index (κ1) is 14.1. The number of carbonyl (C=O) groups excluding carboxylic acids is 1. The van der Waals surface area contributed by atoms with Crippen LogP contribution in [0.15, 0.2) is 12.4 Å². The Labute approximate surface area is 132 Å². The molecule has 3 atom stereocenters. The van der Waals surface area contributed by atoms with Crippen molar-refractivity contribution in [1.82, 2.24) is 15.1 Å². The number of fused-ring (bicyclic) bond motifs is 1. The molecule has 4 rings (SSSR count). The third kappa shape index (κ3) is 2.61. The van der Waals surface area contributed by atoms with Crippen LogP contribution in [0, 0.1) is 17.8 Å². The molecule has 1 N–H and O–H groups in total. The molecule has 0 aromatic carbocycles. The normalized spacial score (nSPS) is 34.1. The van der Waals surface area contributed by atoms with Gasteiger partial charge in [-0.3, -0.25) is 9.48 Å². The molecule has 1 aromatic heterocycles. The van der Waals surface area contributed by atoms with Gasteiger partial charge in [-0.1, -0.05) is 12.8 Å². The summed E-state index contributed by atoms with van der Waals surface area (Å²) in [5.74, 6) is 2.06. The molecule has 0 spiro atoms. The van der Waals surface area contributed by atoms with E-state index in [4.69, 9.17) is 0 Å². The van der Waals surface area contributed by atoms with Gasteiger partial charge in [0.2, 0.25) is 5.91 Å². The second-order valence-corrected chi connectivity index (χ2v) is 7.30. The number of anilines is 1. The first-order valence-electron chi connectivity index (χ1n) is 8.76. The molecule has 2 saturated carbocycles. The molecule has 1 aromatic rings. The third-order valence-corrected chi connectivity index (χ3v) is 5.78. The SMILES string of the molecule is Cn1cc(N2CCCC(NC(=O)C3C4CCCCC43)C2)cn1. The van der Waals surface area contributed by atoms with Crippen molar-refractivity contribution in [3.63, 3.8) is 0 Å². The lowest BCUT2D eigenvalue weighted by Crippen LogP contribution is -2.48. The molecule has 5 nitrogen and oxygen atoms in total. The smallest absolute Gasteiger partial charge is 0.223 e. The average Bonchev–Trinajstić information content (AvgIpc) is 3.11. The third-order valence-electron chi connectivity index (χ3n) is 5.78. The zero-order valence-electron chi connectivity index (χ0n) is 13.4. The molecule has 1 aliphatic heterocycles. The summed E-state index contributed by atoms with van der Waals surface area (Å²) >= 11 is 0. The standard InChI is InChI=1S/C17H26N4O/c1-20-11-13(9-18-20)21-8-4-5-12(10-21)19-17(22)16-14-6-2-3-7-15(14)16/h9,11-12,14-16H,2-8,10H2,1H3,(H,19,22). The van der Waals surface area contributed by atoms with Gasteiger partial charge in [0, 0.05) is 38.3 Å². The van der Waals surface area contributed by atoms with Crippen LogP contribution in [-0.2, 0) is 11.8 Å². The Hall–Kier alpha value is -1.52. The van der Waals surface area contributed by atoms with Crippen molar-refractivity contribution >= 4 is 11.6 Å². The maximum atomic E-state index is 12.5. The molecule has 0 radical (unpaired) electrons. The number of nitrogens with one attached hydrogen (secondary N) is 1. The predicted molar refractivity (Wildman–Crippen MR) is 85.5 cm³/mol. The summed E-state index contributed by atoms with van der Waals surface area (Å²) < 4.78 is 1.84. The molecule has 3 fully saturated rings. The zero-order chi connectivity index (χ0) is 15.1. The van der Waals surface area contributed by atoms with E-state index in [1.54, 1.807) is 0 Å². The highest BCUT2D eigenvalue weighted by Crippen LogP contribution is 2.55. The minimum Gasteiger partial charge on any atom is -0.367 e. The molecule has 2 aliphatic carbocycles. The second kappa shape index (κ2) is 5.60. The Morgan fingerprint density at radius 1 is 1.23 bits per heavy atom. The minimum atomic E-state index is 0.295. The van der Waals surface area contributed by atoms with Crippen LogP contribution in [0.25, 0.3) is 0 Å². The van der Waals surface area contributed by atoms with Crippen LogP contribution < -0.4 is 10.2 Å². The fourth-order valence-electron chi connectivity index (χ4n) is 4.58. The summed E-state index contributed by atoms with van der Waals surface area (Å²) in [6.45, 7) is 1.98. The monoisotopic (exact) mass is 302 g/mol. The maximum absolute atomic E-state index is 12.5. The van der Waals surface area contributed by atoms with E-state index in [9.17, 15) is 4.79 Å². The van der Waals surface area contributed by atoms with Gasteiger partial charge in [-0.05, 0) is 37.5 Å². The summed E-state index contributed by atoms with van der Waals surface area (Å²) in [7, 11) is 1.95. The number of amides is 1. The van der Waals surface area contributed by atoms with Crippen LogP contribution in [0.4, 0.5) is 5.69 Å². The molecular weight excluding hydrogens is 276 g/mol. The van der Waals surface area contributed by atoms with E-state index < -0.39 is 0 Å². The summed E-state index contributed by atoms with van der Waals surface area (Å²) in [5, 5.41) is 7.59. The Kier molecular flexibility index (Phi) is 3.59. The average molecular weight is 302 g/mol. The van der Waals surface area contributed by atoms with Crippen LogP contribution in [-0.4, -0.2) is 34.8 Å². The minimum absolute atomic E-state index is 0.295. The van der Waals surface area contributed by atoms with Crippen molar-refractivity contribution in [3.05, 3.63) is 12.4 Å². The molecule has 0 bridgehead atoms. The Morgan fingerprint density at radius 3 is 2.68 bits per heavy atom. The van der Waals surface area contributed by atoms with Crippen LogP contribution in [0.2, 0.25) is 0 Å². The van der Waals surface area contributed by atoms with Crippen molar-refractivity contribution in [2.45, 2.75) is 44.6 Å². The molecule has 5 heteroatoms. The van der Waals surface area contributed by atoms with Crippen molar-refractivity contribution < 1.29 is 4.79 Å². The van der Waals surface area contributed by atoms with Gasteiger partial charge in [-0.15, -0.1) is 0 Å². The van der Waals surface area contributed by atoms with Gasteiger partial charge < -0.3 is 10.2 Å². The van der Waals surface area contributed by atoms with Gasteiger partial charge in [0.1, 0.15) is 0 Å². The molecule has 3 unspecified atom stereocenters. The van der Waals surface area contributed by atoms with Crippen molar-refractivity contribution in [2.24, 2.45) is 24.8 Å². The molecule has 3 aliphatic rings. The number of aryl methyl sites for hydroxylation is 1. The van der Waals surface area contributed by atoms with E-state index in [-0.39, 0.29) is 0 Å². The molecule has 120 valence electrons. The number of aromatic nitrogens is 2. The van der Waals surface area contributed by atoms with E-state index in [2.05, 4.69) is 21.5 Å². The number of rotatable bonds is 3. The molecule has 22 heavy (non-hydrogen) atoms. The first-order chi connectivity index (χ1) is 10.7. The van der Waals surface area contributed by atoms with E-state index in [0.29, 0.717) is 29.7 Å². The predicted octanol–water partition coefficient (Wildman–Crippen LogP) is 1.94. The number of hydrogen-bond acceptors (Lipinski definition) is 3. The van der Waals surface area contributed by atoms with Crippen LogP contribution in [0.1, 0.15) is 38.5 Å². The van der Waals surface area contributed by atoms with Gasteiger partial charge in [0.05, 0.1) is 11.9 Å². The summed E-state index contributed by atoms with van der Waals surface area (Å²) in [6, 6.07) is 0.295. The van der Waals surface area contributed by atoms with Crippen LogP contribution in [0.3, 0.4) is 0 Å². The maximum Gasteiger partial charge on any atom is 0.223 e. The van der Waals surface area contributed by atoms with Gasteiger partial charge in [0.25, 0.3) is 0 Å². The topological polar surface area (TPSA) is 50.2 Å². The number of hydrogen-bond donors (Lipinski definition) is 1. The van der Waals surface area contributed by atoms with Crippen molar-refractivity contribution in [2.75, 3.05) is 18.0 Å². The summed E-state index contributed by atoms with van der Waals surface area (Å²) in [4.78, 5) is 14.9. The lowest BCUT2D eigenvalue weighted by molar-refractivity contribution is -0.123. The Bertz CT molecular complexity index is 543. The highest BCUT2D eigenvalue weighted by atomic mass is 16.2. The number of nitrogens with zero attached hydrogens (tertiary/aromatic N) is 3. The molecule has 2 heterocycles. The van der Waals surface area contributed by atoms with E-state index in [1.165, 1.54) is 31.4 Å². The van der Waals surface area contributed by atoms with Crippen molar-refractivity contribution in [3.8, 4) is 0 Å². The summed E-state index contributed by atoms with van der Waals surface area (Å²) in [5.41, 5.74) is 1.17. The zero-order valence-corrected chi connectivity index (χ0v) is 13.4. The Balaban J connectivity index is 1.34. The molecule has 1 saturated heterocycles. The van der Waals surface area contributed by atoms with Gasteiger partial charge >= 0.3 is 0 Å². The van der Waals surface area contributed by atoms with Crippen LogP contribution in [0.5, 0.6) is 0 Å². The highest BCUT2D eigenvalue weighted by Gasteiger charge is 2.54. The van der Waals surface area contributed by atoms with E-state index in [1.807, 2.05) is 17.9 Å². The quantitative estimate of drug-likeness (QED) is 0.928. The fraction of sp³-hybridized carbons (Fsp3) is 0.765. The second-order valence-electron chi connectivity index (χ2n) is 7.30. The molecular formula is C17H26N4O.